The number of rotatable bonds is 4. The molecule has 0 atom stereocenters. The highest BCUT2D eigenvalue weighted by molar-refractivity contribution is 5.62. The second-order valence-electron chi connectivity index (χ2n) is 7.53. The third-order valence-electron chi connectivity index (χ3n) is 6.08. The maximum absolute atomic E-state index is 2.32. The Hall–Kier alpha value is -3.12. The molecule has 138 valence electrons. The molecule has 0 aliphatic carbocycles. The second-order valence-corrected chi connectivity index (χ2v) is 7.53. The fourth-order valence-corrected chi connectivity index (χ4v) is 4.39. The molecule has 0 aromatic heterocycles. The monoisotopic (exact) mass is 362 g/mol. The van der Waals surface area contributed by atoms with Crippen molar-refractivity contribution in [2.24, 2.45) is 0 Å². The first-order valence-electron chi connectivity index (χ1n) is 9.89. The van der Waals surface area contributed by atoms with Crippen molar-refractivity contribution in [1.29, 1.82) is 0 Å². The van der Waals surface area contributed by atoms with Crippen molar-refractivity contribution in [3.8, 4) is 0 Å². The highest BCUT2D eigenvalue weighted by atomic mass is 14.4. The fourth-order valence-electron chi connectivity index (χ4n) is 4.39. The molecule has 0 N–H and O–H groups in total. The molecule has 0 radical (unpaired) electrons. The SMILES string of the molecule is Cc1ccc(C(c2ccccc2)(c2ccccc2)c2ccccc2)c(C)c1C. The zero-order chi connectivity index (χ0) is 19.6. The molecule has 0 heterocycles. The van der Waals surface area contributed by atoms with Gasteiger partial charge in [-0.3, -0.25) is 0 Å². The van der Waals surface area contributed by atoms with Crippen LogP contribution >= 0.6 is 0 Å². The van der Waals surface area contributed by atoms with E-state index in [1.165, 1.54) is 38.9 Å². The van der Waals surface area contributed by atoms with Crippen LogP contribution in [0.5, 0.6) is 0 Å². The number of hydrogen-bond acceptors (Lipinski definition) is 0. The third kappa shape index (κ3) is 2.86. The Kier molecular flexibility index (Phi) is 4.88. The summed E-state index contributed by atoms with van der Waals surface area (Å²) in [5, 5.41) is 0. The first-order valence-corrected chi connectivity index (χ1v) is 9.89. The van der Waals surface area contributed by atoms with Crippen LogP contribution in [0.15, 0.2) is 103 Å². The van der Waals surface area contributed by atoms with Crippen molar-refractivity contribution in [2.75, 3.05) is 0 Å². The molecule has 0 nitrogen and oxygen atoms in total. The van der Waals surface area contributed by atoms with Gasteiger partial charge in [0, 0.05) is 0 Å². The van der Waals surface area contributed by atoms with Crippen LogP contribution in [0.2, 0.25) is 0 Å². The van der Waals surface area contributed by atoms with E-state index < -0.39 is 0 Å². The normalized spacial score (nSPS) is 11.4. The molecule has 0 fully saturated rings. The van der Waals surface area contributed by atoms with Crippen LogP contribution in [-0.2, 0) is 5.41 Å². The average molecular weight is 363 g/mol. The van der Waals surface area contributed by atoms with Crippen molar-refractivity contribution in [2.45, 2.75) is 26.2 Å². The van der Waals surface area contributed by atoms with Gasteiger partial charge in [0.15, 0.2) is 0 Å². The van der Waals surface area contributed by atoms with Crippen LogP contribution < -0.4 is 0 Å². The Morgan fingerprint density at radius 3 is 1.21 bits per heavy atom. The van der Waals surface area contributed by atoms with E-state index >= 15 is 0 Å². The molecular formula is C28H26. The number of aryl methyl sites for hydroxylation is 1. The maximum atomic E-state index is 2.32. The lowest BCUT2D eigenvalue weighted by Gasteiger charge is -2.38. The summed E-state index contributed by atoms with van der Waals surface area (Å²) in [5.41, 5.74) is 8.92. The largest absolute Gasteiger partial charge is 0.0704 e. The molecule has 0 aliphatic rings. The van der Waals surface area contributed by atoms with Gasteiger partial charge in [-0.25, -0.2) is 0 Å². The minimum atomic E-state index is -0.355. The molecule has 0 saturated heterocycles. The van der Waals surface area contributed by atoms with Crippen molar-refractivity contribution in [3.63, 3.8) is 0 Å². The topological polar surface area (TPSA) is 0 Å². The first kappa shape index (κ1) is 18.3. The predicted molar refractivity (Wildman–Crippen MR) is 119 cm³/mol. The Balaban J connectivity index is 2.19. The van der Waals surface area contributed by atoms with Gasteiger partial charge in [-0.1, -0.05) is 103 Å². The average Bonchev–Trinajstić information content (AvgIpc) is 2.76. The molecule has 4 rings (SSSR count). The lowest BCUT2D eigenvalue weighted by atomic mass is 9.63. The molecule has 0 spiro atoms. The van der Waals surface area contributed by atoms with Crippen molar-refractivity contribution >= 4 is 0 Å². The van der Waals surface area contributed by atoms with E-state index in [4.69, 9.17) is 0 Å². The van der Waals surface area contributed by atoms with Gasteiger partial charge in [0.1, 0.15) is 0 Å². The summed E-state index contributed by atoms with van der Waals surface area (Å²) in [6.45, 7) is 6.70. The summed E-state index contributed by atoms with van der Waals surface area (Å²) >= 11 is 0. The highest BCUT2D eigenvalue weighted by Crippen LogP contribution is 2.46. The van der Waals surface area contributed by atoms with Gasteiger partial charge in [0.2, 0.25) is 0 Å². The summed E-state index contributed by atoms with van der Waals surface area (Å²) in [4.78, 5) is 0. The first-order chi connectivity index (χ1) is 13.7. The molecule has 0 amide bonds. The standard InChI is InChI=1S/C28H26/c1-21-19-20-27(23(3)22(21)2)28(24-13-7-4-8-14-24,25-15-9-5-10-16-25)26-17-11-6-12-18-26/h4-20H,1-3H3. The smallest absolute Gasteiger partial charge is 0.0622 e. The maximum Gasteiger partial charge on any atom is 0.0704 e. The summed E-state index contributed by atoms with van der Waals surface area (Å²) in [6, 6.07) is 37.3. The Labute approximate surface area is 168 Å². The van der Waals surface area contributed by atoms with Crippen molar-refractivity contribution in [1.82, 2.24) is 0 Å². The van der Waals surface area contributed by atoms with E-state index in [9.17, 15) is 0 Å². The van der Waals surface area contributed by atoms with Crippen LogP contribution in [0.4, 0.5) is 0 Å². The highest BCUT2D eigenvalue weighted by Gasteiger charge is 2.39. The summed E-state index contributed by atoms with van der Waals surface area (Å²) < 4.78 is 0. The lowest BCUT2D eigenvalue weighted by molar-refractivity contribution is 0.736. The van der Waals surface area contributed by atoms with Crippen LogP contribution in [0.3, 0.4) is 0 Å². The number of benzene rings is 4. The van der Waals surface area contributed by atoms with Crippen molar-refractivity contribution in [3.05, 3.63) is 142 Å². The molecular weight excluding hydrogens is 336 g/mol. The Morgan fingerprint density at radius 2 is 0.821 bits per heavy atom. The summed E-state index contributed by atoms with van der Waals surface area (Å²) in [5.74, 6) is 0. The summed E-state index contributed by atoms with van der Waals surface area (Å²) in [7, 11) is 0. The van der Waals surface area contributed by atoms with E-state index in [1.807, 2.05) is 0 Å². The van der Waals surface area contributed by atoms with Gasteiger partial charge in [-0.15, -0.1) is 0 Å². The third-order valence-corrected chi connectivity index (χ3v) is 6.08. The molecule has 0 aliphatic heterocycles. The van der Waals surface area contributed by atoms with E-state index in [0.29, 0.717) is 0 Å². The minimum absolute atomic E-state index is 0.355. The molecule has 0 heteroatoms. The fraction of sp³-hybridized carbons (Fsp3) is 0.143. The Morgan fingerprint density at radius 1 is 0.429 bits per heavy atom. The molecule has 28 heavy (non-hydrogen) atoms. The minimum Gasteiger partial charge on any atom is -0.0622 e. The van der Waals surface area contributed by atoms with Gasteiger partial charge in [0.25, 0.3) is 0 Å². The van der Waals surface area contributed by atoms with Gasteiger partial charge < -0.3 is 0 Å². The molecule has 0 bridgehead atoms. The zero-order valence-corrected chi connectivity index (χ0v) is 16.8. The van der Waals surface area contributed by atoms with Crippen LogP contribution in [0, 0.1) is 20.8 Å². The lowest BCUT2D eigenvalue weighted by Crippen LogP contribution is -2.32. The van der Waals surface area contributed by atoms with E-state index in [1.54, 1.807) is 0 Å². The van der Waals surface area contributed by atoms with Crippen LogP contribution in [0.25, 0.3) is 0 Å². The summed E-state index contributed by atoms with van der Waals surface area (Å²) in [6.07, 6.45) is 0. The predicted octanol–water partition coefficient (Wildman–Crippen LogP) is 6.99. The van der Waals surface area contributed by atoms with Gasteiger partial charge in [0.05, 0.1) is 5.41 Å². The van der Waals surface area contributed by atoms with Crippen LogP contribution in [-0.4, -0.2) is 0 Å². The number of hydrogen-bond donors (Lipinski definition) is 0. The van der Waals surface area contributed by atoms with E-state index in [-0.39, 0.29) is 5.41 Å². The molecule has 4 aromatic carbocycles. The molecule has 0 unspecified atom stereocenters. The van der Waals surface area contributed by atoms with Gasteiger partial charge in [-0.05, 0) is 59.7 Å². The van der Waals surface area contributed by atoms with Crippen LogP contribution in [0.1, 0.15) is 38.9 Å². The quantitative estimate of drug-likeness (QED) is 0.343. The van der Waals surface area contributed by atoms with E-state index in [0.717, 1.165) is 0 Å². The zero-order valence-electron chi connectivity index (χ0n) is 16.8. The molecule has 0 saturated carbocycles. The second kappa shape index (κ2) is 7.48. The Bertz CT molecular complexity index is 964. The van der Waals surface area contributed by atoms with Gasteiger partial charge >= 0.3 is 0 Å². The van der Waals surface area contributed by atoms with Crippen molar-refractivity contribution < 1.29 is 0 Å². The van der Waals surface area contributed by atoms with E-state index in [2.05, 4.69) is 124 Å². The molecule has 4 aromatic rings. The van der Waals surface area contributed by atoms with Gasteiger partial charge in [-0.2, -0.15) is 0 Å².